The van der Waals surface area contributed by atoms with Crippen molar-refractivity contribution in [1.29, 1.82) is 0 Å². The SMILES string of the molecule is FC(F)(F)Cn1c(I)cc2c(N=C3CCCCC3)cccc21. The van der Waals surface area contributed by atoms with E-state index in [4.69, 9.17) is 4.99 Å². The number of aromatic nitrogens is 1. The first-order valence-electron chi connectivity index (χ1n) is 7.35. The number of nitrogens with zero attached hydrogens (tertiary/aromatic N) is 2. The molecule has 1 heterocycles. The molecule has 0 aliphatic heterocycles. The topological polar surface area (TPSA) is 17.3 Å². The number of halogens is 4. The van der Waals surface area contributed by atoms with Crippen molar-refractivity contribution in [2.75, 3.05) is 0 Å². The van der Waals surface area contributed by atoms with Crippen molar-refractivity contribution in [3.8, 4) is 0 Å². The van der Waals surface area contributed by atoms with Crippen molar-refractivity contribution in [1.82, 2.24) is 4.57 Å². The largest absolute Gasteiger partial charge is 0.406 e. The molecule has 0 radical (unpaired) electrons. The minimum atomic E-state index is -4.23. The lowest BCUT2D eigenvalue weighted by Crippen LogP contribution is -2.18. The number of fused-ring (bicyclic) bond motifs is 1. The van der Waals surface area contributed by atoms with Crippen LogP contribution in [0.4, 0.5) is 18.9 Å². The molecule has 0 amide bonds. The Kier molecular flexibility index (Phi) is 4.47. The van der Waals surface area contributed by atoms with Gasteiger partial charge in [-0.25, -0.2) is 0 Å². The van der Waals surface area contributed by atoms with Crippen molar-refractivity contribution in [2.45, 2.75) is 44.8 Å². The molecule has 3 rings (SSSR count). The molecule has 1 aromatic carbocycles. The Morgan fingerprint density at radius 1 is 1.14 bits per heavy atom. The Balaban J connectivity index is 2.04. The van der Waals surface area contributed by atoms with E-state index < -0.39 is 12.7 Å². The molecule has 1 fully saturated rings. The standard InChI is InChI=1S/C16H16F3IN2/c17-16(18,19)10-22-14-8-4-7-13(12(14)9-15(22)20)21-11-5-2-1-3-6-11/h4,7-9H,1-3,5-6,10H2. The van der Waals surface area contributed by atoms with Crippen LogP contribution >= 0.6 is 22.6 Å². The summed E-state index contributed by atoms with van der Waals surface area (Å²) in [7, 11) is 0. The van der Waals surface area contributed by atoms with E-state index in [1.165, 1.54) is 11.0 Å². The lowest BCUT2D eigenvalue weighted by molar-refractivity contribution is -0.140. The Morgan fingerprint density at radius 3 is 2.55 bits per heavy atom. The molecular weight excluding hydrogens is 404 g/mol. The zero-order valence-corrected chi connectivity index (χ0v) is 14.1. The number of hydrogen-bond donors (Lipinski definition) is 0. The van der Waals surface area contributed by atoms with Crippen molar-refractivity contribution >= 4 is 44.9 Å². The average molecular weight is 420 g/mol. The molecule has 0 unspecified atom stereocenters. The number of benzene rings is 1. The summed E-state index contributed by atoms with van der Waals surface area (Å²) in [6.07, 6.45) is 1.32. The van der Waals surface area contributed by atoms with Crippen molar-refractivity contribution in [2.24, 2.45) is 4.99 Å². The Morgan fingerprint density at radius 2 is 1.86 bits per heavy atom. The van der Waals surface area contributed by atoms with Crippen LogP contribution in [-0.2, 0) is 6.54 Å². The Bertz CT molecular complexity index is 708. The average Bonchev–Trinajstić information content (AvgIpc) is 2.76. The van der Waals surface area contributed by atoms with E-state index in [-0.39, 0.29) is 0 Å². The molecule has 6 heteroatoms. The molecule has 2 nitrogen and oxygen atoms in total. The van der Waals surface area contributed by atoms with Crippen molar-refractivity contribution in [3.05, 3.63) is 28.0 Å². The van der Waals surface area contributed by atoms with E-state index in [1.807, 2.05) is 28.7 Å². The molecule has 1 aliphatic rings. The van der Waals surface area contributed by atoms with Gasteiger partial charge in [0.05, 0.1) is 14.9 Å². The van der Waals surface area contributed by atoms with Gasteiger partial charge in [-0.15, -0.1) is 0 Å². The fraction of sp³-hybridized carbons (Fsp3) is 0.438. The van der Waals surface area contributed by atoms with Crippen LogP contribution in [0, 0.1) is 3.70 Å². The predicted molar refractivity (Wildman–Crippen MR) is 90.9 cm³/mol. The third-order valence-corrected chi connectivity index (χ3v) is 4.81. The normalized spacial score (nSPS) is 16.3. The maximum Gasteiger partial charge on any atom is 0.406 e. The second-order valence-electron chi connectivity index (χ2n) is 5.62. The van der Waals surface area contributed by atoms with Crippen LogP contribution in [0.5, 0.6) is 0 Å². The number of alkyl halides is 3. The molecule has 0 spiro atoms. The smallest absolute Gasteiger partial charge is 0.327 e. The van der Waals surface area contributed by atoms with Gasteiger partial charge in [-0.3, -0.25) is 4.99 Å². The maximum absolute atomic E-state index is 12.7. The highest BCUT2D eigenvalue weighted by molar-refractivity contribution is 14.1. The van der Waals surface area contributed by atoms with Crippen molar-refractivity contribution in [3.63, 3.8) is 0 Å². The van der Waals surface area contributed by atoms with Gasteiger partial charge in [-0.2, -0.15) is 13.2 Å². The second-order valence-corrected chi connectivity index (χ2v) is 6.72. The fourth-order valence-corrected chi connectivity index (χ4v) is 3.66. The molecule has 1 aliphatic carbocycles. The minimum absolute atomic E-state index is 0.584. The van der Waals surface area contributed by atoms with E-state index >= 15 is 0 Å². The lowest BCUT2D eigenvalue weighted by atomic mass is 9.98. The van der Waals surface area contributed by atoms with Gasteiger partial charge in [-0.05, 0) is 66.5 Å². The van der Waals surface area contributed by atoms with Crippen LogP contribution in [0.15, 0.2) is 29.3 Å². The van der Waals surface area contributed by atoms with Gasteiger partial charge in [0.1, 0.15) is 6.54 Å². The van der Waals surface area contributed by atoms with Crippen LogP contribution in [0.2, 0.25) is 0 Å². The van der Waals surface area contributed by atoms with E-state index in [0.717, 1.165) is 42.5 Å². The number of rotatable bonds is 2. The Hall–Kier alpha value is -1.05. The van der Waals surface area contributed by atoms with Crippen LogP contribution in [-0.4, -0.2) is 16.5 Å². The predicted octanol–water partition coefficient (Wildman–Crippen LogP) is 5.84. The van der Waals surface area contributed by atoms with Gasteiger partial charge < -0.3 is 4.57 Å². The number of hydrogen-bond acceptors (Lipinski definition) is 1. The van der Waals surface area contributed by atoms with E-state index in [0.29, 0.717) is 9.22 Å². The van der Waals surface area contributed by atoms with Crippen molar-refractivity contribution < 1.29 is 13.2 Å². The third-order valence-electron chi connectivity index (χ3n) is 3.92. The monoisotopic (exact) mass is 420 g/mol. The summed E-state index contributed by atoms with van der Waals surface area (Å²) in [5.74, 6) is 0. The van der Waals surface area contributed by atoms with Crippen LogP contribution in [0.3, 0.4) is 0 Å². The second kappa shape index (κ2) is 6.22. The van der Waals surface area contributed by atoms with Gasteiger partial charge in [0.25, 0.3) is 0 Å². The van der Waals surface area contributed by atoms with Crippen LogP contribution in [0.25, 0.3) is 10.9 Å². The summed E-state index contributed by atoms with van der Waals surface area (Å²) in [6, 6.07) is 7.20. The van der Waals surface area contributed by atoms with Crippen LogP contribution < -0.4 is 0 Å². The number of aliphatic imine (C=N–C) groups is 1. The van der Waals surface area contributed by atoms with E-state index in [1.54, 1.807) is 18.2 Å². The first kappa shape index (κ1) is 15.8. The summed E-state index contributed by atoms with van der Waals surface area (Å²) in [6.45, 7) is -0.963. The maximum atomic E-state index is 12.7. The van der Waals surface area contributed by atoms with Gasteiger partial charge in [0.2, 0.25) is 0 Å². The van der Waals surface area contributed by atoms with Gasteiger partial charge in [0, 0.05) is 11.1 Å². The fourth-order valence-electron chi connectivity index (χ4n) is 2.92. The highest BCUT2D eigenvalue weighted by atomic mass is 127. The summed E-state index contributed by atoms with van der Waals surface area (Å²) in [4.78, 5) is 4.72. The molecule has 1 aromatic heterocycles. The summed E-state index contributed by atoms with van der Waals surface area (Å²) in [5.41, 5.74) is 2.55. The van der Waals surface area contributed by atoms with E-state index in [9.17, 15) is 13.2 Å². The first-order valence-corrected chi connectivity index (χ1v) is 8.43. The Labute approximate surface area is 140 Å². The van der Waals surface area contributed by atoms with Gasteiger partial charge in [0.15, 0.2) is 0 Å². The first-order chi connectivity index (χ1) is 10.4. The zero-order valence-electron chi connectivity index (χ0n) is 12.0. The van der Waals surface area contributed by atoms with E-state index in [2.05, 4.69) is 0 Å². The highest BCUT2D eigenvalue weighted by Gasteiger charge is 2.29. The van der Waals surface area contributed by atoms with Gasteiger partial charge in [-0.1, -0.05) is 12.5 Å². The summed E-state index contributed by atoms with van der Waals surface area (Å²) < 4.78 is 40.1. The zero-order chi connectivity index (χ0) is 15.7. The molecule has 0 bridgehead atoms. The highest BCUT2D eigenvalue weighted by Crippen LogP contribution is 2.33. The molecule has 22 heavy (non-hydrogen) atoms. The molecule has 0 saturated heterocycles. The van der Waals surface area contributed by atoms with Crippen LogP contribution in [0.1, 0.15) is 32.1 Å². The molecule has 1 saturated carbocycles. The summed E-state index contributed by atoms with van der Waals surface area (Å²) in [5, 5.41) is 0.800. The quantitative estimate of drug-likeness (QED) is 0.543. The minimum Gasteiger partial charge on any atom is -0.327 e. The van der Waals surface area contributed by atoms with Gasteiger partial charge >= 0.3 is 6.18 Å². The molecule has 0 N–H and O–H groups in total. The molecular formula is C16H16F3IN2. The molecule has 0 atom stereocenters. The third kappa shape index (κ3) is 3.47. The summed E-state index contributed by atoms with van der Waals surface area (Å²) >= 11 is 1.96. The lowest BCUT2D eigenvalue weighted by Gasteiger charge is -2.13. The molecule has 118 valence electrons. The molecule has 2 aromatic rings.